The lowest BCUT2D eigenvalue weighted by Gasteiger charge is -2.17. The Bertz CT molecular complexity index is 965. The summed E-state index contributed by atoms with van der Waals surface area (Å²) in [6.07, 6.45) is 0.112. The molecule has 3 aromatic rings. The van der Waals surface area contributed by atoms with Gasteiger partial charge in [0.2, 0.25) is 23.0 Å². The number of para-hydroxylation sites is 1. The Balaban J connectivity index is 1.75. The van der Waals surface area contributed by atoms with Crippen molar-refractivity contribution in [2.45, 2.75) is 24.7 Å². The molecule has 27 heavy (non-hydrogen) atoms. The van der Waals surface area contributed by atoms with Gasteiger partial charge in [0.1, 0.15) is 0 Å². The van der Waals surface area contributed by atoms with E-state index in [9.17, 15) is 4.79 Å². The zero-order valence-electron chi connectivity index (χ0n) is 14.8. The number of nitrogens with one attached hydrogen (secondary N) is 1. The van der Waals surface area contributed by atoms with Crippen molar-refractivity contribution >= 4 is 23.2 Å². The number of benzene rings is 2. The molecule has 1 atom stereocenters. The third-order valence-corrected chi connectivity index (χ3v) is 5.11. The summed E-state index contributed by atoms with van der Waals surface area (Å²) in [6.45, 7) is 2.09. The second-order valence-corrected chi connectivity index (χ2v) is 7.08. The number of rotatable bonds is 5. The molecule has 0 unspecified atom stereocenters. The first-order valence-corrected chi connectivity index (χ1v) is 9.74. The summed E-state index contributed by atoms with van der Waals surface area (Å²) in [6, 6.07) is 16.7. The number of anilines is 1. The second kappa shape index (κ2) is 7.75. The zero-order chi connectivity index (χ0) is 18.6. The SMILES string of the molecule is CCCSc1nnc2c(n1)O[C@@H](C(=O)c1ccccc1)Nc1ccccc1-2. The average molecular weight is 378 g/mol. The lowest BCUT2D eigenvalue weighted by molar-refractivity contribution is 0.0823. The van der Waals surface area contributed by atoms with Crippen molar-refractivity contribution in [3.63, 3.8) is 0 Å². The van der Waals surface area contributed by atoms with Crippen LogP contribution in [0.4, 0.5) is 5.69 Å². The third-order valence-electron chi connectivity index (χ3n) is 4.07. The molecule has 6 nitrogen and oxygen atoms in total. The van der Waals surface area contributed by atoms with Crippen LogP contribution in [-0.4, -0.2) is 32.9 Å². The number of aromatic nitrogens is 3. The standard InChI is InChI=1S/C20H18N4O2S/c1-2-12-27-20-22-18-16(23-24-20)14-10-6-7-11-15(14)21-19(26-18)17(25)13-8-4-3-5-9-13/h3-11,19,21H,2,12H2,1H3/t19-/m0/s1. The predicted molar refractivity (Wildman–Crippen MR) is 105 cm³/mol. The Morgan fingerprint density at radius 3 is 2.70 bits per heavy atom. The van der Waals surface area contributed by atoms with Gasteiger partial charge in [-0.25, -0.2) is 0 Å². The number of ether oxygens (including phenoxy) is 1. The first-order valence-electron chi connectivity index (χ1n) is 8.75. The minimum absolute atomic E-state index is 0.167. The molecule has 0 saturated heterocycles. The molecule has 7 heteroatoms. The first kappa shape index (κ1) is 17.5. The molecule has 2 heterocycles. The van der Waals surface area contributed by atoms with E-state index in [1.165, 1.54) is 11.8 Å². The largest absolute Gasteiger partial charge is 0.444 e. The van der Waals surface area contributed by atoms with Gasteiger partial charge in [0.25, 0.3) is 0 Å². The maximum atomic E-state index is 13.0. The maximum Gasteiger partial charge on any atom is 0.247 e. The first-order chi connectivity index (χ1) is 13.3. The number of carbonyl (C=O) groups is 1. The fourth-order valence-electron chi connectivity index (χ4n) is 2.77. The quantitative estimate of drug-likeness (QED) is 0.530. The number of carbonyl (C=O) groups excluding carboxylic acids is 1. The monoisotopic (exact) mass is 378 g/mol. The van der Waals surface area contributed by atoms with Gasteiger partial charge < -0.3 is 10.1 Å². The molecule has 1 aliphatic rings. The molecular weight excluding hydrogens is 360 g/mol. The van der Waals surface area contributed by atoms with Crippen molar-refractivity contribution in [1.82, 2.24) is 15.2 Å². The van der Waals surface area contributed by atoms with Crippen LogP contribution < -0.4 is 10.1 Å². The van der Waals surface area contributed by atoms with E-state index in [4.69, 9.17) is 4.74 Å². The van der Waals surface area contributed by atoms with Crippen LogP contribution in [0.15, 0.2) is 59.8 Å². The molecule has 0 amide bonds. The fourth-order valence-corrected chi connectivity index (χ4v) is 3.41. The Labute approximate surface area is 161 Å². The summed E-state index contributed by atoms with van der Waals surface area (Å²) >= 11 is 1.52. The van der Waals surface area contributed by atoms with Gasteiger partial charge in [-0.1, -0.05) is 67.2 Å². The van der Waals surface area contributed by atoms with E-state index < -0.39 is 6.23 Å². The topological polar surface area (TPSA) is 77.0 Å². The summed E-state index contributed by atoms with van der Waals surface area (Å²) in [5.74, 6) is 1.04. The lowest BCUT2D eigenvalue weighted by Crippen LogP contribution is -2.35. The molecule has 0 spiro atoms. The number of hydrogen-bond acceptors (Lipinski definition) is 7. The Morgan fingerprint density at radius 2 is 1.89 bits per heavy atom. The Hall–Kier alpha value is -2.93. The van der Waals surface area contributed by atoms with Crippen molar-refractivity contribution in [3.05, 3.63) is 60.2 Å². The summed E-state index contributed by atoms with van der Waals surface area (Å²) in [5.41, 5.74) is 2.67. The number of ketones is 1. The van der Waals surface area contributed by atoms with Gasteiger partial charge in [-0.05, 0) is 12.5 Å². The zero-order valence-corrected chi connectivity index (χ0v) is 15.6. The lowest BCUT2D eigenvalue weighted by atomic mass is 10.1. The van der Waals surface area contributed by atoms with Crippen LogP contribution in [0.3, 0.4) is 0 Å². The molecule has 136 valence electrons. The van der Waals surface area contributed by atoms with Crippen molar-refractivity contribution in [2.75, 3.05) is 11.1 Å². The van der Waals surface area contributed by atoms with Crippen molar-refractivity contribution < 1.29 is 9.53 Å². The third kappa shape index (κ3) is 3.64. The van der Waals surface area contributed by atoms with Crippen LogP contribution in [0.25, 0.3) is 11.3 Å². The number of fused-ring (bicyclic) bond motifs is 3. The fraction of sp³-hybridized carbons (Fsp3) is 0.200. The number of nitrogens with zero attached hydrogens (tertiary/aromatic N) is 3. The number of hydrogen-bond donors (Lipinski definition) is 1. The highest BCUT2D eigenvalue weighted by molar-refractivity contribution is 7.99. The van der Waals surface area contributed by atoms with Crippen LogP contribution in [0, 0.1) is 0 Å². The predicted octanol–water partition coefficient (Wildman–Crippen LogP) is 4.05. The molecule has 2 aromatic carbocycles. The van der Waals surface area contributed by atoms with Crippen molar-refractivity contribution in [1.29, 1.82) is 0 Å². The van der Waals surface area contributed by atoms with Crippen LogP contribution in [-0.2, 0) is 0 Å². The molecular formula is C20H18N4O2S. The van der Waals surface area contributed by atoms with Crippen LogP contribution in [0.1, 0.15) is 23.7 Å². The van der Waals surface area contributed by atoms with Gasteiger partial charge in [0.05, 0.1) is 0 Å². The van der Waals surface area contributed by atoms with E-state index in [1.54, 1.807) is 12.1 Å². The van der Waals surface area contributed by atoms with E-state index in [0.29, 0.717) is 22.3 Å². The molecule has 1 N–H and O–H groups in total. The summed E-state index contributed by atoms with van der Waals surface area (Å²) in [5, 5.41) is 12.3. The minimum atomic E-state index is -0.893. The van der Waals surface area contributed by atoms with Crippen LogP contribution in [0.5, 0.6) is 5.88 Å². The number of Topliss-reactive ketones (excluding diaryl/α,β-unsaturated/α-hetero) is 1. The molecule has 1 aliphatic heterocycles. The summed E-state index contributed by atoms with van der Waals surface area (Å²) < 4.78 is 5.99. The molecule has 4 rings (SSSR count). The van der Waals surface area contributed by atoms with Gasteiger partial charge in [0.15, 0.2) is 5.69 Å². The van der Waals surface area contributed by atoms with Gasteiger partial charge in [-0.2, -0.15) is 4.98 Å². The molecule has 0 aliphatic carbocycles. The van der Waals surface area contributed by atoms with Crippen LogP contribution >= 0.6 is 11.8 Å². The maximum absolute atomic E-state index is 13.0. The highest BCUT2D eigenvalue weighted by Gasteiger charge is 2.29. The summed E-state index contributed by atoms with van der Waals surface area (Å²) in [7, 11) is 0. The summed E-state index contributed by atoms with van der Waals surface area (Å²) in [4.78, 5) is 17.5. The highest BCUT2D eigenvalue weighted by atomic mass is 32.2. The van der Waals surface area contributed by atoms with Gasteiger partial charge in [-0.3, -0.25) is 4.79 Å². The van der Waals surface area contributed by atoms with Gasteiger partial charge in [0, 0.05) is 22.6 Å². The second-order valence-electron chi connectivity index (χ2n) is 6.01. The van der Waals surface area contributed by atoms with E-state index in [1.807, 2.05) is 42.5 Å². The Morgan fingerprint density at radius 1 is 1.11 bits per heavy atom. The van der Waals surface area contributed by atoms with E-state index in [0.717, 1.165) is 23.4 Å². The number of thioether (sulfide) groups is 1. The molecule has 0 radical (unpaired) electrons. The average Bonchev–Trinajstić information content (AvgIpc) is 2.88. The minimum Gasteiger partial charge on any atom is -0.444 e. The van der Waals surface area contributed by atoms with Gasteiger partial charge in [-0.15, -0.1) is 10.2 Å². The van der Waals surface area contributed by atoms with Gasteiger partial charge >= 0.3 is 0 Å². The molecule has 0 bridgehead atoms. The van der Waals surface area contributed by atoms with Crippen molar-refractivity contribution in [2.24, 2.45) is 0 Å². The van der Waals surface area contributed by atoms with E-state index in [2.05, 4.69) is 27.4 Å². The smallest absolute Gasteiger partial charge is 0.247 e. The van der Waals surface area contributed by atoms with E-state index in [-0.39, 0.29) is 5.78 Å². The highest BCUT2D eigenvalue weighted by Crippen LogP contribution is 2.36. The molecule has 0 fully saturated rings. The normalized spacial score (nSPS) is 14.9. The van der Waals surface area contributed by atoms with Crippen molar-refractivity contribution in [3.8, 4) is 17.1 Å². The molecule has 0 saturated carbocycles. The van der Waals surface area contributed by atoms with E-state index >= 15 is 0 Å². The molecule has 1 aromatic heterocycles. The Kier molecular flexibility index (Phi) is 5.02. The van der Waals surface area contributed by atoms with Crippen LogP contribution in [0.2, 0.25) is 0 Å².